The first-order valence-corrected chi connectivity index (χ1v) is 15.8. The van der Waals surface area contributed by atoms with Gasteiger partial charge in [-0.05, 0) is 47.0 Å². The lowest BCUT2D eigenvalue weighted by atomic mass is 9.77. The van der Waals surface area contributed by atoms with Crippen LogP contribution in [-0.2, 0) is 5.41 Å². The number of rotatable bonds is 3. The summed E-state index contributed by atoms with van der Waals surface area (Å²) in [4.78, 5) is 0. The average Bonchev–Trinajstić information content (AvgIpc) is 3.68. The van der Waals surface area contributed by atoms with Gasteiger partial charge in [-0.1, -0.05) is 117 Å². The summed E-state index contributed by atoms with van der Waals surface area (Å²) in [7, 11) is 0. The van der Waals surface area contributed by atoms with E-state index in [1.54, 1.807) is 0 Å². The van der Waals surface area contributed by atoms with Gasteiger partial charge in [0.05, 0.1) is 17.1 Å². The molecule has 1 aliphatic heterocycles. The summed E-state index contributed by atoms with van der Waals surface area (Å²) >= 11 is 1.89. The molecule has 206 valence electrons. The second-order valence-electron chi connectivity index (χ2n) is 12.3. The van der Waals surface area contributed by atoms with E-state index in [1.807, 2.05) is 11.3 Å². The zero-order chi connectivity index (χ0) is 28.7. The first-order chi connectivity index (χ1) is 21.1. The fourth-order valence-corrected chi connectivity index (χ4v) is 8.73. The molecule has 0 bridgehead atoms. The molecule has 1 N–H and O–H groups in total. The second-order valence-corrected chi connectivity index (χ2v) is 13.3. The van der Waals surface area contributed by atoms with Gasteiger partial charge in [-0.25, -0.2) is 0 Å². The van der Waals surface area contributed by atoms with Gasteiger partial charge in [0.1, 0.15) is 0 Å². The SMILES string of the molecule is CC1(C)c2c(ccc3c4ccccc4n(-c4ccc(-c5cccc6c5sc5ccccc56)cc4)c23)NC1c1ccccc1. The van der Waals surface area contributed by atoms with Crippen molar-refractivity contribution >= 4 is 59.0 Å². The van der Waals surface area contributed by atoms with Crippen molar-refractivity contribution in [2.75, 3.05) is 5.32 Å². The topological polar surface area (TPSA) is 17.0 Å². The van der Waals surface area contributed by atoms with E-state index in [1.165, 1.54) is 75.6 Å². The highest BCUT2D eigenvalue weighted by Gasteiger charge is 2.42. The fraction of sp³-hybridized carbons (Fsp3) is 0.100. The van der Waals surface area contributed by atoms with Crippen LogP contribution in [0.2, 0.25) is 0 Å². The fourth-order valence-electron chi connectivity index (χ4n) is 7.49. The lowest BCUT2D eigenvalue weighted by Crippen LogP contribution is -2.25. The highest BCUT2D eigenvalue weighted by atomic mass is 32.1. The smallest absolute Gasteiger partial charge is 0.0606 e. The van der Waals surface area contributed by atoms with Crippen LogP contribution in [0.25, 0.3) is 58.8 Å². The van der Waals surface area contributed by atoms with Crippen LogP contribution in [0.3, 0.4) is 0 Å². The number of fused-ring (bicyclic) bond motifs is 8. The maximum Gasteiger partial charge on any atom is 0.0606 e. The van der Waals surface area contributed by atoms with Crippen molar-refractivity contribution in [2.24, 2.45) is 0 Å². The number of nitrogens with one attached hydrogen (secondary N) is 1. The number of thiophene rings is 1. The van der Waals surface area contributed by atoms with Gasteiger partial charge in [-0.2, -0.15) is 0 Å². The highest BCUT2D eigenvalue weighted by molar-refractivity contribution is 7.26. The maximum atomic E-state index is 3.90. The van der Waals surface area contributed by atoms with Gasteiger partial charge in [-0.3, -0.25) is 0 Å². The number of anilines is 1. The third-order valence-electron chi connectivity index (χ3n) is 9.48. The molecule has 3 heteroatoms. The second kappa shape index (κ2) is 9.07. The molecule has 9 rings (SSSR count). The van der Waals surface area contributed by atoms with Crippen LogP contribution < -0.4 is 5.32 Å². The summed E-state index contributed by atoms with van der Waals surface area (Å²) in [5.74, 6) is 0. The van der Waals surface area contributed by atoms with E-state index in [-0.39, 0.29) is 11.5 Å². The minimum atomic E-state index is -0.112. The third-order valence-corrected chi connectivity index (χ3v) is 10.7. The molecule has 2 nitrogen and oxygen atoms in total. The number of nitrogens with zero attached hydrogens (tertiary/aromatic N) is 1. The van der Waals surface area contributed by atoms with Gasteiger partial charge in [0.25, 0.3) is 0 Å². The van der Waals surface area contributed by atoms with E-state index in [2.05, 4.69) is 157 Å². The minimum Gasteiger partial charge on any atom is -0.377 e. The molecule has 8 aromatic rings. The van der Waals surface area contributed by atoms with E-state index >= 15 is 0 Å². The quantitative estimate of drug-likeness (QED) is 0.224. The predicted octanol–water partition coefficient (Wildman–Crippen LogP) is 11.3. The molecule has 0 spiro atoms. The monoisotopic (exact) mass is 570 g/mol. The number of aromatic nitrogens is 1. The Balaban J connectivity index is 1.24. The van der Waals surface area contributed by atoms with Crippen LogP contribution >= 0.6 is 11.3 Å². The van der Waals surface area contributed by atoms with Crippen LogP contribution in [0.1, 0.15) is 31.0 Å². The lowest BCUT2D eigenvalue weighted by molar-refractivity contribution is 0.476. The molecule has 43 heavy (non-hydrogen) atoms. The average molecular weight is 571 g/mol. The predicted molar refractivity (Wildman–Crippen MR) is 185 cm³/mol. The number of benzene rings is 6. The van der Waals surface area contributed by atoms with Gasteiger partial charge in [0.2, 0.25) is 0 Å². The molecule has 0 radical (unpaired) electrons. The van der Waals surface area contributed by atoms with Crippen molar-refractivity contribution in [2.45, 2.75) is 25.3 Å². The Labute approximate surface area is 254 Å². The summed E-state index contributed by atoms with van der Waals surface area (Å²) in [6.45, 7) is 4.78. The summed E-state index contributed by atoms with van der Waals surface area (Å²) in [5, 5.41) is 9.17. The van der Waals surface area contributed by atoms with Crippen LogP contribution in [0.5, 0.6) is 0 Å². The molecule has 0 fully saturated rings. The van der Waals surface area contributed by atoms with Crippen molar-refractivity contribution < 1.29 is 0 Å². The Morgan fingerprint density at radius 3 is 2.19 bits per heavy atom. The number of para-hydroxylation sites is 1. The Kier molecular flexibility index (Phi) is 5.21. The molecular formula is C40H30N2S. The van der Waals surface area contributed by atoms with E-state index in [9.17, 15) is 0 Å². The summed E-state index contributed by atoms with van der Waals surface area (Å²) in [6.07, 6.45) is 0. The Morgan fingerprint density at radius 1 is 0.628 bits per heavy atom. The van der Waals surface area contributed by atoms with Crippen molar-refractivity contribution in [1.29, 1.82) is 0 Å². The Bertz CT molecular complexity index is 2340. The summed E-state index contributed by atoms with van der Waals surface area (Å²) < 4.78 is 5.18. The van der Waals surface area contributed by atoms with Gasteiger partial charge >= 0.3 is 0 Å². The number of hydrogen-bond acceptors (Lipinski definition) is 2. The van der Waals surface area contributed by atoms with Crippen LogP contribution in [0.4, 0.5) is 5.69 Å². The third kappa shape index (κ3) is 3.52. The molecule has 0 saturated carbocycles. The molecular weight excluding hydrogens is 541 g/mol. The van der Waals surface area contributed by atoms with Crippen LogP contribution in [-0.4, -0.2) is 4.57 Å². The molecule has 1 atom stereocenters. The van der Waals surface area contributed by atoms with Gasteiger partial charge in [0.15, 0.2) is 0 Å². The first-order valence-electron chi connectivity index (χ1n) is 15.0. The van der Waals surface area contributed by atoms with E-state index < -0.39 is 0 Å². The zero-order valence-corrected chi connectivity index (χ0v) is 25.0. The highest BCUT2D eigenvalue weighted by Crippen LogP contribution is 2.53. The van der Waals surface area contributed by atoms with Crippen LogP contribution in [0, 0.1) is 0 Å². The van der Waals surface area contributed by atoms with E-state index in [0.717, 1.165) is 0 Å². The molecule has 2 aromatic heterocycles. The zero-order valence-electron chi connectivity index (χ0n) is 24.1. The summed E-state index contributed by atoms with van der Waals surface area (Å²) in [5.41, 5.74) is 10.1. The van der Waals surface area contributed by atoms with E-state index in [4.69, 9.17) is 0 Å². The van der Waals surface area contributed by atoms with Crippen LogP contribution in [0.15, 0.2) is 133 Å². The minimum absolute atomic E-state index is 0.112. The molecule has 1 aliphatic rings. The molecule has 6 aromatic carbocycles. The van der Waals surface area contributed by atoms with E-state index in [0.29, 0.717) is 0 Å². The molecule has 0 saturated heterocycles. The van der Waals surface area contributed by atoms with Gasteiger partial charge in [-0.15, -0.1) is 11.3 Å². The largest absolute Gasteiger partial charge is 0.377 e. The molecule has 0 aliphatic carbocycles. The normalized spacial score (nSPS) is 15.8. The van der Waals surface area contributed by atoms with Crippen molar-refractivity contribution in [3.8, 4) is 16.8 Å². The maximum absolute atomic E-state index is 3.90. The first kappa shape index (κ1) is 24.7. The standard InChI is InChI=1S/C40H30N2S/c1-40(2)36-33(41-39(40)26-11-4-3-5-12-26)24-23-31-29-13-6-8-17-34(29)42(37(31)36)27-21-19-25(20-22-27)28-15-10-16-32-30-14-7-9-18-35(30)43-38(28)32/h3-24,39,41H,1-2H3. The molecule has 0 amide bonds. The molecule has 3 heterocycles. The van der Waals surface area contributed by atoms with Gasteiger partial charge in [0, 0.05) is 53.3 Å². The van der Waals surface area contributed by atoms with Gasteiger partial charge < -0.3 is 9.88 Å². The Hall–Kier alpha value is -4.86. The molecule has 1 unspecified atom stereocenters. The Morgan fingerprint density at radius 2 is 1.35 bits per heavy atom. The lowest BCUT2D eigenvalue weighted by Gasteiger charge is -2.29. The van der Waals surface area contributed by atoms with Crippen molar-refractivity contribution in [3.05, 3.63) is 145 Å². The number of hydrogen-bond donors (Lipinski definition) is 1. The van der Waals surface area contributed by atoms with Crippen molar-refractivity contribution in [3.63, 3.8) is 0 Å². The summed E-state index contributed by atoms with van der Waals surface area (Å²) in [6, 6.07) is 49.1. The van der Waals surface area contributed by atoms with Crippen molar-refractivity contribution in [1.82, 2.24) is 4.57 Å².